The van der Waals surface area contributed by atoms with Gasteiger partial charge in [0.05, 0.1) is 0 Å². The summed E-state index contributed by atoms with van der Waals surface area (Å²) in [6.07, 6.45) is 6.38. The van der Waals surface area contributed by atoms with Crippen molar-refractivity contribution in [1.29, 1.82) is 0 Å². The number of amides is 1. The fraction of sp³-hybridized carbons (Fsp3) is 0.0455. The van der Waals surface area contributed by atoms with E-state index in [2.05, 4.69) is 10.3 Å². The van der Waals surface area contributed by atoms with Gasteiger partial charge in [0.25, 0.3) is 5.91 Å². The standard InChI is InChI=1S/C22H18N2O2/c1-16-7-10-18(11-8-16)22(26)24-20-6-2-4-17(14-20)9-12-21(25)19-5-3-13-23-15-19/h2-15H,1H3,(H,24,26). The average Bonchev–Trinajstić information content (AvgIpc) is 2.67. The zero-order valence-electron chi connectivity index (χ0n) is 14.3. The summed E-state index contributed by atoms with van der Waals surface area (Å²) in [6, 6.07) is 18.2. The predicted molar refractivity (Wildman–Crippen MR) is 103 cm³/mol. The quantitative estimate of drug-likeness (QED) is 0.547. The summed E-state index contributed by atoms with van der Waals surface area (Å²) >= 11 is 0. The van der Waals surface area contributed by atoms with Gasteiger partial charge in [0.1, 0.15) is 0 Å². The van der Waals surface area contributed by atoms with E-state index in [1.807, 2.05) is 43.3 Å². The molecular formula is C22H18N2O2. The summed E-state index contributed by atoms with van der Waals surface area (Å²) in [5.41, 5.74) is 3.73. The Morgan fingerprint density at radius 2 is 1.77 bits per heavy atom. The van der Waals surface area contributed by atoms with Gasteiger partial charge in [0.2, 0.25) is 0 Å². The SMILES string of the molecule is Cc1ccc(C(=O)Nc2cccc(C=CC(=O)c3cccnc3)c2)cc1. The number of allylic oxidation sites excluding steroid dienone is 1. The van der Waals surface area contributed by atoms with E-state index in [0.29, 0.717) is 16.8 Å². The number of carbonyl (C=O) groups excluding carboxylic acids is 2. The number of ketones is 1. The van der Waals surface area contributed by atoms with Gasteiger partial charge < -0.3 is 5.32 Å². The van der Waals surface area contributed by atoms with E-state index in [9.17, 15) is 9.59 Å². The average molecular weight is 342 g/mol. The summed E-state index contributed by atoms with van der Waals surface area (Å²) in [4.78, 5) is 28.3. The number of carbonyl (C=O) groups is 2. The summed E-state index contributed by atoms with van der Waals surface area (Å²) in [6.45, 7) is 1.98. The lowest BCUT2D eigenvalue weighted by Gasteiger charge is -2.06. The maximum Gasteiger partial charge on any atom is 0.255 e. The highest BCUT2D eigenvalue weighted by atomic mass is 16.1. The Morgan fingerprint density at radius 3 is 2.50 bits per heavy atom. The van der Waals surface area contributed by atoms with Crippen LogP contribution < -0.4 is 5.32 Å². The molecule has 0 atom stereocenters. The smallest absolute Gasteiger partial charge is 0.255 e. The second-order valence-corrected chi connectivity index (χ2v) is 5.88. The maximum atomic E-state index is 12.3. The zero-order chi connectivity index (χ0) is 18.4. The normalized spacial score (nSPS) is 10.7. The van der Waals surface area contributed by atoms with Crippen LogP contribution in [0.3, 0.4) is 0 Å². The molecule has 1 amide bonds. The lowest BCUT2D eigenvalue weighted by molar-refractivity contribution is 0.102. The number of nitrogens with one attached hydrogen (secondary N) is 1. The van der Waals surface area contributed by atoms with Crippen LogP contribution in [0.2, 0.25) is 0 Å². The van der Waals surface area contributed by atoms with Crippen molar-refractivity contribution in [3.63, 3.8) is 0 Å². The first-order chi connectivity index (χ1) is 12.6. The van der Waals surface area contributed by atoms with Crippen molar-refractivity contribution in [3.8, 4) is 0 Å². The van der Waals surface area contributed by atoms with Gasteiger partial charge in [-0.1, -0.05) is 35.9 Å². The number of pyridine rings is 1. The third-order valence-electron chi connectivity index (χ3n) is 3.83. The van der Waals surface area contributed by atoms with Crippen LogP contribution in [-0.4, -0.2) is 16.7 Å². The largest absolute Gasteiger partial charge is 0.322 e. The van der Waals surface area contributed by atoms with Crippen molar-refractivity contribution < 1.29 is 9.59 Å². The van der Waals surface area contributed by atoms with Gasteiger partial charge >= 0.3 is 0 Å². The van der Waals surface area contributed by atoms with Crippen LogP contribution >= 0.6 is 0 Å². The third kappa shape index (κ3) is 4.51. The first kappa shape index (κ1) is 17.3. The first-order valence-corrected chi connectivity index (χ1v) is 8.22. The zero-order valence-corrected chi connectivity index (χ0v) is 14.3. The van der Waals surface area contributed by atoms with Crippen molar-refractivity contribution >= 4 is 23.5 Å². The van der Waals surface area contributed by atoms with E-state index in [1.165, 1.54) is 12.3 Å². The second kappa shape index (κ2) is 8.03. The van der Waals surface area contributed by atoms with Crippen LogP contribution in [0, 0.1) is 6.92 Å². The van der Waals surface area contributed by atoms with Crippen molar-refractivity contribution in [3.05, 3.63) is 101 Å². The van der Waals surface area contributed by atoms with Gasteiger partial charge in [-0.15, -0.1) is 0 Å². The highest BCUT2D eigenvalue weighted by Gasteiger charge is 2.06. The Kier molecular flexibility index (Phi) is 5.34. The molecule has 3 aromatic rings. The molecule has 0 bridgehead atoms. The topological polar surface area (TPSA) is 59.1 Å². The molecule has 0 aliphatic rings. The van der Waals surface area contributed by atoms with Crippen LogP contribution in [0.4, 0.5) is 5.69 Å². The maximum absolute atomic E-state index is 12.3. The fourth-order valence-electron chi connectivity index (χ4n) is 2.40. The number of hydrogen-bond acceptors (Lipinski definition) is 3. The molecule has 0 fully saturated rings. The van der Waals surface area contributed by atoms with Crippen molar-refractivity contribution in [2.45, 2.75) is 6.92 Å². The molecule has 0 radical (unpaired) electrons. The number of rotatable bonds is 5. The number of anilines is 1. The monoisotopic (exact) mass is 342 g/mol. The molecule has 1 N–H and O–H groups in total. The van der Waals surface area contributed by atoms with Crippen LogP contribution in [-0.2, 0) is 0 Å². The highest BCUT2D eigenvalue weighted by Crippen LogP contribution is 2.14. The Balaban J connectivity index is 1.70. The van der Waals surface area contributed by atoms with Gasteiger partial charge in [0.15, 0.2) is 5.78 Å². The van der Waals surface area contributed by atoms with E-state index >= 15 is 0 Å². The molecule has 26 heavy (non-hydrogen) atoms. The highest BCUT2D eigenvalue weighted by molar-refractivity contribution is 6.07. The molecule has 1 aromatic heterocycles. The second-order valence-electron chi connectivity index (χ2n) is 5.88. The van der Waals surface area contributed by atoms with Gasteiger partial charge in [-0.05, 0) is 55.0 Å². The van der Waals surface area contributed by atoms with Gasteiger partial charge in [-0.3, -0.25) is 14.6 Å². The van der Waals surface area contributed by atoms with Crippen molar-refractivity contribution in [1.82, 2.24) is 4.98 Å². The van der Waals surface area contributed by atoms with E-state index < -0.39 is 0 Å². The summed E-state index contributed by atoms with van der Waals surface area (Å²) in [5.74, 6) is -0.287. The molecule has 128 valence electrons. The molecule has 0 saturated carbocycles. The Morgan fingerprint density at radius 1 is 0.962 bits per heavy atom. The minimum absolute atomic E-state index is 0.118. The molecular weight excluding hydrogens is 324 g/mol. The lowest BCUT2D eigenvalue weighted by atomic mass is 10.1. The third-order valence-corrected chi connectivity index (χ3v) is 3.83. The summed E-state index contributed by atoms with van der Waals surface area (Å²) in [5, 5.41) is 2.87. The van der Waals surface area contributed by atoms with Gasteiger partial charge in [-0.2, -0.15) is 0 Å². The van der Waals surface area contributed by atoms with E-state index in [0.717, 1.165) is 11.1 Å². The van der Waals surface area contributed by atoms with Crippen molar-refractivity contribution in [2.75, 3.05) is 5.32 Å². The van der Waals surface area contributed by atoms with Gasteiger partial charge in [0, 0.05) is 29.2 Å². The van der Waals surface area contributed by atoms with Crippen molar-refractivity contribution in [2.24, 2.45) is 0 Å². The first-order valence-electron chi connectivity index (χ1n) is 8.22. The number of benzene rings is 2. The molecule has 4 heteroatoms. The number of nitrogens with zero attached hydrogens (tertiary/aromatic N) is 1. The molecule has 0 unspecified atom stereocenters. The molecule has 2 aromatic carbocycles. The van der Waals surface area contributed by atoms with Crippen LogP contribution in [0.1, 0.15) is 31.8 Å². The Labute approximate surface area is 152 Å². The summed E-state index contributed by atoms with van der Waals surface area (Å²) < 4.78 is 0. The Bertz CT molecular complexity index is 945. The number of hydrogen-bond donors (Lipinski definition) is 1. The molecule has 0 spiro atoms. The van der Waals surface area contributed by atoms with Crippen LogP contribution in [0.25, 0.3) is 6.08 Å². The van der Waals surface area contributed by atoms with Crippen LogP contribution in [0.15, 0.2) is 79.1 Å². The van der Waals surface area contributed by atoms with E-state index in [1.54, 1.807) is 36.5 Å². The van der Waals surface area contributed by atoms with E-state index in [4.69, 9.17) is 0 Å². The molecule has 0 aliphatic carbocycles. The minimum atomic E-state index is -0.169. The van der Waals surface area contributed by atoms with Crippen LogP contribution in [0.5, 0.6) is 0 Å². The molecule has 0 saturated heterocycles. The molecule has 3 rings (SSSR count). The van der Waals surface area contributed by atoms with E-state index in [-0.39, 0.29) is 11.7 Å². The minimum Gasteiger partial charge on any atom is -0.322 e. The number of aryl methyl sites for hydroxylation is 1. The fourth-order valence-corrected chi connectivity index (χ4v) is 2.40. The molecule has 1 heterocycles. The Hall–Kier alpha value is -3.53. The predicted octanol–water partition coefficient (Wildman–Crippen LogP) is 4.54. The summed E-state index contributed by atoms with van der Waals surface area (Å²) in [7, 11) is 0. The van der Waals surface area contributed by atoms with Gasteiger partial charge in [-0.25, -0.2) is 0 Å². The molecule has 4 nitrogen and oxygen atoms in total. The number of aromatic nitrogens is 1. The molecule has 0 aliphatic heterocycles. The lowest BCUT2D eigenvalue weighted by Crippen LogP contribution is -2.11.